The molecule has 0 spiro atoms. The van der Waals surface area contributed by atoms with Crippen LogP contribution in [-0.2, 0) is 0 Å². The lowest BCUT2D eigenvalue weighted by Gasteiger charge is -2.36. The molecule has 0 amide bonds. The molecule has 2 rings (SSSR count). The maximum Gasteiger partial charge on any atom is 0.171 e. The fourth-order valence-electron chi connectivity index (χ4n) is 2.74. The smallest absolute Gasteiger partial charge is 0.171 e. The molecule has 1 aliphatic rings. The topological polar surface area (TPSA) is 74.7 Å². The Kier molecular flexibility index (Phi) is 4.14. The number of hydrogen-bond acceptors (Lipinski definition) is 4. The summed E-state index contributed by atoms with van der Waals surface area (Å²) in [6.07, 6.45) is 2.85. The number of nitrogens with zero attached hydrogens (tertiary/aromatic N) is 3. The van der Waals surface area contributed by atoms with Crippen LogP contribution in [0, 0.1) is 11.8 Å². The molecule has 6 heteroatoms. The molecule has 0 aromatic carbocycles. The zero-order valence-electron chi connectivity index (χ0n) is 11.2. The minimum absolute atomic E-state index is 0.00626. The quantitative estimate of drug-likeness (QED) is 0.378. The van der Waals surface area contributed by atoms with Crippen molar-refractivity contribution in [3.05, 3.63) is 22.8 Å². The number of anilines is 1. The van der Waals surface area contributed by atoms with Gasteiger partial charge in [0.2, 0.25) is 0 Å². The summed E-state index contributed by atoms with van der Waals surface area (Å²) < 4.78 is 0. The van der Waals surface area contributed by atoms with Gasteiger partial charge in [0.25, 0.3) is 0 Å². The van der Waals surface area contributed by atoms with E-state index in [1.807, 2.05) is 0 Å². The van der Waals surface area contributed by atoms with Gasteiger partial charge in [0.15, 0.2) is 5.84 Å². The van der Waals surface area contributed by atoms with Crippen LogP contribution in [0.2, 0.25) is 5.02 Å². The van der Waals surface area contributed by atoms with Crippen LogP contribution in [0.25, 0.3) is 0 Å². The third kappa shape index (κ3) is 2.92. The van der Waals surface area contributed by atoms with E-state index in [1.165, 1.54) is 6.42 Å². The van der Waals surface area contributed by atoms with Crippen molar-refractivity contribution in [3.8, 4) is 0 Å². The molecular formula is C13H19ClN4O. The highest BCUT2D eigenvalue weighted by Crippen LogP contribution is 2.31. The van der Waals surface area contributed by atoms with Crippen molar-refractivity contribution in [2.75, 3.05) is 18.0 Å². The molecule has 1 aromatic rings. The first-order valence-corrected chi connectivity index (χ1v) is 6.78. The van der Waals surface area contributed by atoms with Crippen molar-refractivity contribution in [3.63, 3.8) is 0 Å². The molecule has 0 saturated carbocycles. The summed E-state index contributed by atoms with van der Waals surface area (Å²) in [7, 11) is 0. The number of nitrogens with two attached hydrogens (primary N) is 1. The number of oxime groups is 1. The van der Waals surface area contributed by atoms with E-state index >= 15 is 0 Å². The van der Waals surface area contributed by atoms with Crippen molar-refractivity contribution in [1.82, 2.24) is 4.98 Å². The first kappa shape index (κ1) is 13.9. The first-order valence-electron chi connectivity index (χ1n) is 6.40. The lowest BCUT2D eigenvalue weighted by atomic mass is 9.92. The van der Waals surface area contributed by atoms with Gasteiger partial charge in [-0.05, 0) is 24.3 Å². The Morgan fingerprint density at radius 3 is 2.68 bits per heavy atom. The van der Waals surface area contributed by atoms with Crippen LogP contribution in [0.1, 0.15) is 25.8 Å². The van der Waals surface area contributed by atoms with Gasteiger partial charge in [-0.2, -0.15) is 0 Å². The van der Waals surface area contributed by atoms with E-state index in [1.54, 1.807) is 12.3 Å². The highest BCUT2D eigenvalue weighted by atomic mass is 35.5. The number of piperidine rings is 1. The molecule has 2 atom stereocenters. The van der Waals surface area contributed by atoms with Crippen LogP contribution in [0.15, 0.2) is 17.4 Å². The van der Waals surface area contributed by atoms with Crippen molar-refractivity contribution < 1.29 is 5.21 Å². The molecule has 1 aliphatic heterocycles. The van der Waals surface area contributed by atoms with Crippen LogP contribution in [-0.4, -0.2) is 29.1 Å². The Balaban J connectivity index is 2.35. The molecule has 3 N–H and O–H groups in total. The Morgan fingerprint density at radius 1 is 1.47 bits per heavy atom. The number of amidine groups is 1. The summed E-state index contributed by atoms with van der Waals surface area (Å²) in [5.74, 6) is 1.93. The average molecular weight is 283 g/mol. The number of aromatic nitrogens is 1. The lowest BCUT2D eigenvalue weighted by molar-refractivity contribution is 0.318. The summed E-state index contributed by atoms with van der Waals surface area (Å²) in [6.45, 7) is 6.31. The van der Waals surface area contributed by atoms with E-state index < -0.39 is 0 Å². The van der Waals surface area contributed by atoms with Gasteiger partial charge < -0.3 is 15.8 Å². The van der Waals surface area contributed by atoms with Gasteiger partial charge in [0.1, 0.15) is 5.82 Å². The van der Waals surface area contributed by atoms with E-state index in [2.05, 4.69) is 28.9 Å². The van der Waals surface area contributed by atoms with Gasteiger partial charge in [-0.3, -0.25) is 0 Å². The first-order chi connectivity index (χ1) is 9.02. The molecule has 0 bridgehead atoms. The predicted molar refractivity (Wildman–Crippen MR) is 76.9 cm³/mol. The molecule has 104 valence electrons. The van der Waals surface area contributed by atoms with Gasteiger partial charge in [0.05, 0.1) is 5.02 Å². The van der Waals surface area contributed by atoms with Gasteiger partial charge >= 0.3 is 0 Å². The largest absolute Gasteiger partial charge is 0.409 e. The second-order valence-electron chi connectivity index (χ2n) is 5.33. The van der Waals surface area contributed by atoms with Crippen LogP contribution in [0.3, 0.4) is 0 Å². The lowest BCUT2D eigenvalue weighted by Crippen LogP contribution is -2.39. The number of rotatable bonds is 2. The van der Waals surface area contributed by atoms with E-state index in [4.69, 9.17) is 22.5 Å². The molecular weight excluding hydrogens is 264 g/mol. The van der Waals surface area contributed by atoms with Crippen molar-refractivity contribution in [2.24, 2.45) is 22.7 Å². The average Bonchev–Trinajstić information content (AvgIpc) is 2.37. The minimum atomic E-state index is 0.00626. The van der Waals surface area contributed by atoms with Crippen molar-refractivity contribution in [2.45, 2.75) is 20.3 Å². The fraction of sp³-hybridized carbons (Fsp3) is 0.538. The molecule has 19 heavy (non-hydrogen) atoms. The standard InChI is InChI=1S/C13H19ClN4O/c1-8-5-9(2)7-18(6-8)13-11(14)10(3-4-16-13)12(15)17-19/h3-4,8-9,19H,5-7H2,1-2H3,(H2,15,17). The van der Waals surface area contributed by atoms with Crippen molar-refractivity contribution in [1.29, 1.82) is 0 Å². The summed E-state index contributed by atoms with van der Waals surface area (Å²) in [6, 6.07) is 1.65. The molecule has 1 saturated heterocycles. The number of pyridine rings is 1. The second kappa shape index (κ2) is 5.65. The van der Waals surface area contributed by atoms with Gasteiger partial charge in [-0.25, -0.2) is 4.98 Å². The molecule has 0 radical (unpaired) electrons. The molecule has 2 heterocycles. The summed E-state index contributed by atoms with van der Waals surface area (Å²) in [5.41, 5.74) is 6.13. The molecule has 5 nitrogen and oxygen atoms in total. The summed E-state index contributed by atoms with van der Waals surface area (Å²) >= 11 is 6.34. The Morgan fingerprint density at radius 2 is 2.11 bits per heavy atom. The summed E-state index contributed by atoms with van der Waals surface area (Å²) in [4.78, 5) is 6.53. The Bertz CT molecular complexity index is 482. The fourth-order valence-corrected chi connectivity index (χ4v) is 3.07. The molecule has 0 aliphatic carbocycles. The van der Waals surface area contributed by atoms with E-state index in [0.29, 0.717) is 28.2 Å². The van der Waals surface area contributed by atoms with Crippen LogP contribution < -0.4 is 10.6 Å². The minimum Gasteiger partial charge on any atom is -0.409 e. The molecule has 1 fully saturated rings. The maximum atomic E-state index is 8.77. The third-order valence-electron chi connectivity index (χ3n) is 3.42. The van der Waals surface area contributed by atoms with Crippen LogP contribution >= 0.6 is 11.6 Å². The Labute approximate surface area is 118 Å². The van der Waals surface area contributed by atoms with Gasteiger partial charge in [-0.1, -0.05) is 30.6 Å². The second-order valence-corrected chi connectivity index (χ2v) is 5.71. The van der Waals surface area contributed by atoms with E-state index in [9.17, 15) is 0 Å². The van der Waals surface area contributed by atoms with Crippen molar-refractivity contribution >= 4 is 23.3 Å². The zero-order valence-corrected chi connectivity index (χ0v) is 11.9. The van der Waals surface area contributed by atoms with E-state index in [0.717, 1.165) is 13.1 Å². The highest BCUT2D eigenvalue weighted by Gasteiger charge is 2.25. The van der Waals surface area contributed by atoms with Crippen LogP contribution in [0.4, 0.5) is 5.82 Å². The molecule has 1 aromatic heterocycles. The maximum absolute atomic E-state index is 8.77. The summed E-state index contributed by atoms with van der Waals surface area (Å²) in [5, 5.41) is 12.2. The number of hydrogen-bond donors (Lipinski definition) is 2. The normalized spacial score (nSPS) is 24.6. The van der Waals surface area contributed by atoms with Gasteiger partial charge in [-0.15, -0.1) is 0 Å². The van der Waals surface area contributed by atoms with E-state index in [-0.39, 0.29) is 5.84 Å². The monoisotopic (exact) mass is 282 g/mol. The SMILES string of the molecule is CC1CC(C)CN(c2nccc(/C(N)=N/O)c2Cl)C1. The molecule has 2 unspecified atom stereocenters. The third-order valence-corrected chi connectivity index (χ3v) is 3.80. The highest BCUT2D eigenvalue weighted by molar-refractivity contribution is 6.36. The van der Waals surface area contributed by atoms with Gasteiger partial charge in [0, 0.05) is 24.8 Å². The Hall–Kier alpha value is -1.49. The zero-order chi connectivity index (χ0) is 14.0. The number of halogens is 1. The van der Waals surface area contributed by atoms with Crippen LogP contribution in [0.5, 0.6) is 0 Å². The predicted octanol–water partition coefficient (Wildman–Crippen LogP) is 2.31.